The van der Waals surface area contributed by atoms with Crippen molar-refractivity contribution in [1.29, 1.82) is 0 Å². The average Bonchev–Trinajstić information content (AvgIpc) is 3.28. The molecule has 1 heterocycles. The van der Waals surface area contributed by atoms with Crippen LogP contribution >= 0.6 is 0 Å². The van der Waals surface area contributed by atoms with Gasteiger partial charge in [-0.2, -0.15) is 5.10 Å². The number of nitrogens with zero attached hydrogens (tertiary/aromatic N) is 3. The average molecular weight is 451 g/mol. The van der Waals surface area contributed by atoms with E-state index in [1.807, 2.05) is 61.5 Å². The van der Waals surface area contributed by atoms with Crippen molar-refractivity contribution in [2.45, 2.75) is 26.3 Å². The molecular weight excluding hydrogens is 420 g/mol. The summed E-state index contributed by atoms with van der Waals surface area (Å²) < 4.78 is 12.8. The quantitative estimate of drug-likeness (QED) is 0.482. The molecule has 0 bridgehead atoms. The van der Waals surface area contributed by atoms with Crippen LogP contribution in [0.3, 0.4) is 0 Å². The number of para-hydroxylation sites is 1. The molecular formula is C25H30N4O4. The lowest BCUT2D eigenvalue weighted by Gasteiger charge is -2.21. The van der Waals surface area contributed by atoms with Gasteiger partial charge in [-0.3, -0.25) is 14.3 Å². The number of carbonyl (C=O) groups excluding carboxylic acids is 2. The second-order valence-corrected chi connectivity index (χ2v) is 7.77. The number of rotatable bonds is 11. The Morgan fingerprint density at radius 2 is 1.70 bits per heavy atom. The van der Waals surface area contributed by atoms with Crippen LogP contribution in [0.15, 0.2) is 67.0 Å². The summed E-state index contributed by atoms with van der Waals surface area (Å²) in [5.74, 6) is 1.21. The van der Waals surface area contributed by atoms with Gasteiger partial charge in [0.05, 0.1) is 31.5 Å². The SMILES string of the molecule is Cc1ccc(OCCN(C)C(=O)C(C)n2cc(NC(=O)CCOc3ccccc3)cn2)cc1. The molecule has 0 aliphatic rings. The first-order valence-electron chi connectivity index (χ1n) is 10.9. The van der Waals surface area contributed by atoms with E-state index < -0.39 is 6.04 Å². The van der Waals surface area contributed by atoms with E-state index in [4.69, 9.17) is 9.47 Å². The molecule has 174 valence electrons. The van der Waals surface area contributed by atoms with Crippen LogP contribution in [0, 0.1) is 6.92 Å². The minimum Gasteiger partial charge on any atom is -0.493 e. The standard InChI is InChI=1S/C25H30N4O4/c1-19-9-11-23(12-10-19)33-16-14-28(3)25(31)20(2)29-18-21(17-26-29)27-24(30)13-15-32-22-7-5-4-6-8-22/h4-12,17-18,20H,13-16H2,1-3H3,(H,27,30). The van der Waals surface area contributed by atoms with E-state index in [2.05, 4.69) is 10.4 Å². The summed E-state index contributed by atoms with van der Waals surface area (Å²) in [5, 5.41) is 7.01. The number of aryl methyl sites for hydroxylation is 1. The summed E-state index contributed by atoms with van der Waals surface area (Å²) in [5.41, 5.74) is 1.70. The van der Waals surface area contributed by atoms with Gasteiger partial charge in [-0.1, -0.05) is 35.9 Å². The van der Waals surface area contributed by atoms with Crippen LogP contribution in [0.1, 0.15) is 24.9 Å². The number of anilines is 1. The molecule has 2 aromatic carbocycles. The molecule has 0 radical (unpaired) electrons. The van der Waals surface area contributed by atoms with Crippen LogP contribution < -0.4 is 14.8 Å². The molecule has 8 nitrogen and oxygen atoms in total. The largest absolute Gasteiger partial charge is 0.493 e. The van der Waals surface area contributed by atoms with Gasteiger partial charge in [0.15, 0.2) is 0 Å². The molecule has 1 unspecified atom stereocenters. The van der Waals surface area contributed by atoms with Crippen LogP contribution in [0.25, 0.3) is 0 Å². The Morgan fingerprint density at radius 1 is 1.03 bits per heavy atom. The smallest absolute Gasteiger partial charge is 0.247 e. The van der Waals surface area contributed by atoms with Gasteiger partial charge in [-0.25, -0.2) is 0 Å². The van der Waals surface area contributed by atoms with Gasteiger partial charge in [0, 0.05) is 13.2 Å². The van der Waals surface area contributed by atoms with Crippen molar-refractivity contribution >= 4 is 17.5 Å². The summed E-state index contributed by atoms with van der Waals surface area (Å²) >= 11 is 0. The lowest BCUT2D eigenvalue weighted by atomic mass is 10.2. The summed E-state index contributed by atoms with van der Waals surface area (Å²) in [6.45, 7) is 4.90. The van der Waals surface area contributed by atoms with Crippen molar-refractivity contribution in [2.75, 3.05) is 32.1 Å². The van der Waals surface area contributed by atoms with Crippen molar-refractivity contribution in [3.8, 4) is 11.5 Å². The van der Waals surface area contributed by atoms with E-state index >= 15 is 0 Å². The van der Waals surface area contributed by atoms with E-state index in [0.29, 0.717) is 18.8 Å². The lowest BCUT2D eigenvalue weighted by Crippen LogP contribution is -2.36. The van der Waals surface area contributed by atoms with Gasteiger partial charge in [-0.15, -0.1) is 0 Å². The van der Waals surface area contributed by atoms with Crippen LogP contribution in [0.2, 0.25) is 0 Å². The molecule has 3 rings (SSSR count). The number of carbonyl (C=O) groups is 2. The molecule has 3 aromatic rings. The van der Waals surface area contributed by atoms with Crippen LogP contribution in [0.5, 0.6) is 11.5 Å². The molecule has 0 fully saturated rings. The highest BCUT2D eigenvalue weighted by Gasteiger charge is 2.20. The van der Waals surface area contributed by atoms with Crippen LogP contribution in [0.4, 0.5) is 5.69 Å². The number of likely N-dealkylation sites (N-methyl/N-ethyl adjacent to an activating group) is 1. The summed E-state index contributed by atoms with van der Waals surface area (Å²) in [6.07, 6.45) is 3.38. The minimum atomic E-state index is -0.513. The summed E-state index contributed by atoms with van der Waals surface area (Å²) in [7, 11) is 1.73. The Kier molecular flexibility index (Phi) is 8.46. The maximum Gasteiger partial charge on any atom is 0.247 e. The van der Waals surface area contributed by atoms with E-state index in [-0.39, 0.29) is 24.8 Å². The third kappa shape index (κ3) is 7.38. The lowest BCUT2D eigenvalue weighted by molar-refractivity contribution is -0.133. The summed E-state index contributed by atoms with van der Waals surface area (Å²) in [4.78, 5) is 26.5. The van der Waals surface area contributed by atoms with Crippen molar-refractivity contribution in [3.63, 3.8) is 0 Å². The van der Waals surface area contributed by atoms with Gasteiger partial charge in [0.1, 0.15) is 24.1 Å². The molecule has 1 aromatic heterocycles. The van der Waals surface area contributed by atoms with Crippen LogP contribution in [-0.2, 0) is 9.59 Å². The first kappa shape index (κ1) is 23.8. The molecule has 2 amide bonds. The number of hydrogen-bond acceptors (Lipinski definition) is 5. The van der Waals surface area contributed by atoms with E-state index in [1.165, 1.54) is 16.4 Å². The van der Waals surface area contributed by atoms with Crippen LogP contribution in [-0.4, -0.2) is 53.3 Å². The zero-order valence-electron chi connectivity index (χ0n) is 19.2. The fourth-order valence-electron chi connectivity index (χ4n) is 3.09. The zero-order valence-corrected chi connectivity index (χ0v) is 19.2. The topological polar surface area (TPSA) is 85.7 Å². The van der Waals surface area contributed by atoms with Gasteiger partial charge in [0.25, 0.3) is 0 Å². The third-order valence-electron chi connectivity index (χ3n) is 5.07. The van der Waals surface area contributed by atoms with Gasteiger partial charge in [-0.05, 0) is 38.1 Å². The maximum absolute atomic E-state index is 12.7. The number of aromatic nitrogens is 2. The molecule has 0 aliphatic carbocycles. The highest BCUT2D eigenvalue weighted by Crippen LogP contribution is 2.15. The monoisotopic (exact) mass is 450 g/mol. The molecule has 1 N–H and O–H groups in total. The predicted molar refractivity (Wildman–Crippen MR) is 126 cm³/mol. The number of hydrogen-bond donors (Lipinski definition) is 1. The first-order valence-corrected chi connectivity index (χ1v) is 10.9. The van der Waals surface area contributed by atoms with Crippen molar-refractivity contribution in [2.24, 2.45) is 0 Å². The van der Waals surface area contributed by atoms with Gasteiger partial charge < -0.3 is 19.7 Å². The molecule has 1 atom stereocenters. The number of benzene rings is 2. The third-order valence-corrected chi connectivity index (χ3v) is 5.07. The van der Waals surface area contributed by atoms with E-state index in [9.17, 15) is 9.59 Å². The summed E-state index contributed by atoms with van der Waals surface area (Å²) in [6, 6.07) is 16.6. The van der Waals surface area contributed by atoms with E-state index in [1.54, 1.807) is 25.1 Å². The fourth-order valence-corrected chi connectivity index (χ4v) is 3.09. The van der Waals surface area contributed by atoms with Gasteiger partial charge >= 0.3 is 0 Å². The molecule has 0 aliphatic heterocycles. The normalized spacial score (nSPS) is 11.5. The highest BCUT2D eigenvalue weighted by atomic mass is 16.5. The number of ether oxygens (including phenoxy) is 2. The highest BCUT2D eigenvalue weighted by molar-refractivity contribution is 5.90. The first-order chi connectivity index (χ1) is 15.9. The van der Waals surface area contributed by atoms with Crippen molar-refractivity contribution in [1.82, 2.24) is 14.7 Å². The molecule has 33 heavy (non-hydrogen) atoms. The Hall–Kier alpha value is -3.81. The Morgan fingerprint density at radius 3 is 2.42 bits per heavy atom. The van der Waals surface area contributed by atoms with Crippen molar-refractivity contribution in [3.05, 3.63) is 72.6 Å². The number of amides is 2. The second kappa shape index (κ2) is 11.7. The molecule has 0 saturated heterocycles. The fraction of sp³-hybridized carbons (Fsp3) is 0.320. The molecule has 0 spiro atoms. The molecule has 8 heteroatoms. The molecule has 0 saturated carbocycles. The predicted octanol–water partition coefficient (Wildman–Crippen LogP) is 3.70. The maximum atomic E-state index is 12.7. The minimum absolute atomic E-state index is 0.0975. The Balaban J connectivity index is 1.41. The van der Waals surface area contributed by atoms with E-state index in [0.717, 1.165) is 11.5 Å². The zero-order chi connectivity index (χ0) is 23.6. The second-order valence-electron chi connectivity index (χ2n) is 7.77. The Bertz CT molecular complexity index is 1030. The van der Waals surface area contributed by atoms with Gasteiger partial charge in [0.2, 0.25) is 11.8 Å². The van der Waals surface area contributed by atoms with Crippen molar-refractivity contribution < 1.29 is 19.1 Å². The number of nitrogens with one attached hydrogen (secondary N) is 1. The Labute approximate surface area is 194 Å².